The number of ether oxygens (including phenoxy) is 2. The summed E-state index contributed by atoms with van der Waals surface area (Å²) in [6.07, 6.45) is 0. The number of fused-ring (bicyclic) bond motifs is 1. The van der Waals surface area contributed by atoms with Crippen molar-refractivity contribution in [2.75, 3.05) is 6.79 Å². The molecule has 3 nitrogen and oxygen atoms in total. The van der Waals surface area contributed by atoms with E-state index in [0.29, 0.717) is 21.5 Å². The van der Waals surface area contributed by atoms with Crippen molar-refractivity contribution in [3.63, 3.8) is 0 Å². The van der Waals surface area contributed by atoms with Gasteiger partial charge in [-0.3, -0.25) is 0 Å². The lowest BCUT2D eigenvalue weighted by atomic mass is 10.1. The van der Waals surface area contributed by atoms with Crippen LogP contribution in [0, 0.1) is 18.3 Å². The number of nitrogens with zero attached hydrogens (tertiary/aromatic N) is 1. The summed E-state index contributed by atoms with van der Waals surface area (Å²) >= 11 is 3.32. The maximum atomic E-state index is 8.85. The molecule has 0 saturated carbocycles. The highest BCUT2D eigenvalue weighted by molar-refractivity contribution is 9.10. The Morgan fingerprint density at radius 2 is 2.31 bits per heavy atom. The third-order valence-corrected chi connectivity index (χ3v) is 2.67. The molecule has 1 heterocycles. The molecule has 0 radical (unpaired) electrons. The van der Waals surface area contributed by atoms with Crippen molar-refractivity contribution < 1.29 is 9.47 Å². The van der Waals surface area contributed by atoms with Crippen molar-refractivity contribution in [2.24, 2.45) is 0 Å². The number of aryl methyl sites for hydroxylation is 1. The molecule has 0 aliphatic carbocycles. The molecule has 1 aliphatic rings. The zero-order chi connectivity index (χ0) is 9.42. The van der Waals surface area contributed by atoms with Crippen LogP contribution in [0.5, 0.6) is 11.5 Å². The minimum Gasteiger partial charge on any atom is -0.454 e. The number of hydrogen-bond acceptors (Lipinski definition) is 3. The molecule has 0 atom stereocenters. The van der Waals surface area contributed by atoms with Gasteiger partial charge in [-0.1, -0.05) is 0 Å². The Balaban J connectivity index is 2.71. The Morgan fingerprint density at radius 1 is 1.54 bits per heavy atom. The van der Waals surface area contributed by atoms with Crippen molar-refractivity contribution in [1.82, 2.24) is 0 Å². The lowest BCUT2D eigenvalue weighted by Gasteiger charge is -2.03. The second-order valence-corrected chi connectivity index (χ2v) is 3.52. The fourth-order valence-electron chi connectivity index (χ4n) is 1.26. The van der Waals surface area contributed by atoms with Crippen LogP contribution in [0.2, 0.25) is 0 Å². The third-order valence-electron chi connectivity index (χ3n) is 1.91. The van der Waals surface area contributed by atoms with Gasteiger partial charge >= 0.3 is 0 Å². The van der Waals surface area contributed by atoms with E-state index in [1.165, 1.54) is 0 Å². The van der Waals surface area contributed by atoms with E-state index >= 15 is 0 Å². The van der Waals surface area contributed by atoms with Crippen molar-refractivity contribution >= 4 is 15.9 Å². The molecule has 0 unspecified atom stereocenters. The standard InChI is InChI=1S/C9H6BrNO2/c1-5-2-7-9(13-4-12-7)8(10)6(5)3-11/h2H,4H2,1H3. The largest absolute Gasteiger partial charge is 0.454 e. The number of benzene rings is 1. The minimum atomic E-state index is 0.224. The lowest BCUT2D eigenvalue weighted by Crippen LogP contribution is -1.93. The van der Waals surface area contributed by atoms with Crippen LogP contribution in [-0.2, 0) is 0 Å². The summed E-state index contributed by atoms with van der Waals surface area (Å²) in [5.41, 5.74) is 1.49. The molecule has 4 heteroatoms. The van der Waals surface area contributed by atoms with Gasteiger partial charge in [0, 0.05) is 0 Å². The molecule has 0 fully saturated rings. The van der Waals surface area contributed by atoms with Crippen LogP contribution in [0.1, 0.15) is 11.1 Å². The van der Waals surface area contributed by atoms with E-state index in [9.17, 15) is 0 Å². The zero-order valence-corrected chi connectivity index (χ0v) is 8.51. The molecule has 0 N–H and O–H groups in total. The average molecular weight is 240 g/mol. The number of halogens is 1. The maximum Gasteiger partial charge on any atom is 0.231 e. The van der Waals surface area contributed by atoms with Crippen molar-refractivity contribution in [1.29, 1.82) is 5.26 Å². The van der Waals surface area contributed by atoms with Crippen LogP contribution in [-0.4, -0.2) is 6.79 Å². The fraction of sp³-hybridized carbons (Fsp3) is 0.222. The second kappa shape index (κ2) is 2.93. The molecular weight excluding hydrogens is 234 g/mol. The predicted molar refractivity (Wildman–Crippen MR) is 49.7 cm³/mol. The van der Waals surface area contributed by atoms with Crippen molar-refractivity contribution in [3.05, 3.63) is 21.7 Å². The van der Waals surface area contributed by atoms with Gasteiger partial charge in [0.1, 0.15) is 6.07 Å². The molecule has 0 bridgehead atoms. The predicted octanol–water partition coefficient (Wildman–Crippen LogP) is 2.36. The zero-order valence-electron chi connectivity index (χ0n) is 6.93. The average Bonchev–Trinajstić information content (AvgIpc) is 2.53. The van der Waals surface area contributed by atoms with Gasteiger partial charge in [-0.2, -0.15) is 5.26 Å². The summed E-state index contributed by atoms with van der Waals surface area (Å²) < 4.78 is 11.1. The molecule has 0 spiro atoms. The quantitative estimate of drug-likeness (QED) is 0.698. The summed E-state index contributed by atoms with van der Waals surface area (Å²) in [5, 5.41) is 8.85. The second-order valence-electron chi connectivity index (χ2n) is 2.73. The summed E-state index contributed by atoms with van der Waals surface area (Å²) in [6.45, 7) is 2.09. The van der Waals surface area contributed by atoms with Gasteiger partial charge in [0.05, 0.1) is 10.0 Å². The van der Waals surface area contributed by atoms with Crippen LogP contribution < -0.4 is 9.47 Å². The number of rotatable bonds is 0. The Hall–Kier alpha value is -1.21. The highest BCUT2D eigenvalue weighted by Gasteiger charge is 2.21. The SMILES string of the molecule is Cc1cc2c(c(Br)c1C#N)OCO2. The normalized spacial score (nSPS) is 12.7. The molecule has 0 amide bonds. The molecule has 66 valence electrons. The van der Waals surface area contributed by atoms with Gasteiger partial charge in [0.25, 0.3) is 0 Å². The molecule has 0 aromatic heterocycles. The van der Waals surface area contributed by atoms with Crippen LogP contribution in [0.15, 0.2) is 10.5 Å². The third kappa shape index (κ3) is 1.16. The fourth-order valence-corrected chi connectivity index (χ4v) is 1.97. The highest BCUT2D eigenvalue weighted by Crippen LogP contribution is 2.42. The first kappa shape index (κ1) is 8.39. The van der Waals surface area contributed by atoms with Crippen molar-refractivity contribution in [2.45, 2.75) is 6.92 Å². The van der Waals surface area contributed by atoms with E-state index in [0.717, 1.165) is 5.56 Å². The van der Waals surface area contributed by atoms with Gasteiger partial charge in [0.15, 0.2) is 11.5 Å². The first-order valence-corrected chi connectivity index (χ1v) is 4.52. The van der Waals surface area contributed by atoms with Crippen LogP contribution in [0.25, 0.3) is 0 Å². The molecular formula is C9H6BrNO2. The Kier molecular flexibility index (Phi) is 1.89. The molecule has 1 aromatic carbocycles. The van der Waals surface area contributed by atoms with E-state index in [1.54, 1.807) is 0 Å². The molecule has 13 heavy (non-hydrogen) atoms. The highest BCUT2D eigenvalue weighted by atomic mass is 79.9. The molecule has 0 saturated heterocycles. The Labute approximate surface area is 84.0 Å². The topological polar surface area (TPSA) is 42.2 Å². The first-order chi connectivity index (χ1) is 6.24. The summed E-state index contributed by atoms with van der Waals surface area (Å²) in [6, 6.07) is 3.92. The summed E-state index contributed by atoms with van der Waals surface area (Å²) in [4.78, 5) is 0. The molecule has 2 rings (SSSR count). The summed E-state index contributed by atoms with van der Waals surface area (Å²) in [7, 11) is 0. The van der Waals surface area contributed by atoms with Gasteiger partial charge in [0.2, 0.25) is 6.79 Å². The molecule has 1 aromatic rings. The first-order valence-electron chi connectivity index (χ1n) is 3.73. The van der Waals surface area contributed by atoms with Crippen LogP contribution in [0.4, 0.5) is 0 Å². The van der Waals surface area contributed by atoms with Gasteiger partial charge in [-0.25, -0.2) is 0 Å². The van der Waals surface area contributed by atoms with Gasteiger partial charge < -0.3 is 9.47 Å². The lowest BCUT2D eigenvalue weighted by molar-refractivity contribution is 0.173. The van der Waals surface area contributed by atoms with E-state index in [2.05, 4.69) is 22.0 Å². The van der Waals surface area contributed by atoms with Gasteiger partial charge in [-0.15, -0.1) is 0 Å². The van der Waals surface area contributed by atoms with Crippen molar-refractivity contribution in [3.8, 4) is 17.6 Å². The van der Waals surface area contributed by atoms with Crippen LogP contribution >= 0.6 is 15.9 Å². The van der Waals surface area contributed by atoms with Crippen LogP contribution in [0.3, 0.4) is 0 Å². The summed E-state index contributed by atoms with van der Waals surface area (Å²) in [5.74, 6) is 1.32. The maximum absolute atomic E-state index is 8.85. The van der Waals surface area contributed by atoms with E-state index < -0.39 is 0 Å². The smallest absolute Gasteiger partial charge is 0.231 e. The van der Waals surface area contributed by atoms with Gasteiger partial charge in [-0.05, 0) is 34.5 Å². The van der Waals surface area contributed by atoms with E-state index in [-0.39, 0.29) is 6.79 Å². The Morgan fingerprint density at radius 3 is 3.00 bits per heavy atom. The van der Waals surface area contributed by atoms with E-state index in [4.69, 9.17) is 14.7 Å². The molecule has 1 aliphatic heterocycles. The van der Waals surface area contributed by atoms with E-state index in [1.807, 2.05) is 13.0 Å². The number of nitriles is 1. The monoisotopic (exact) mass is 239 g/mol. The Bertz CT molecular complexity index is 408. The number of hydrogen-bond donors (Lipinski definition) is 0. The minimum absolute atomic E-state index is 0.224.